The van der Waals surface area contributed by atoms with Crippen LogP contribution >= 0.6 is 0 Å². The number of fused-ring (bicyclic) bond motifs is 1. The number of halogens is 1. The SMILES string of the molecule is O=C(NCC1COc2ccccc2O1)C1CCN(S(=O)(=O)Cc2ccccc2F)CC1. The minimum atomic E-state index is -3.64. The first-order valence-corrected chi connectivity index (χ1v) is 11.9. The van der Waals surface area contributed by atoms with Gasteiger partial charge in [-0.2, -0.15) is 0 Å². The van der Waals surface area contributed by atoms with Gasteiger partial charge >= 0.3 is 0 Å². The number of hydrogen-bond donors (Lipinski definition) is 1. The molecule has 2 aliphatic heterocycles. The number of nitrogens with zero attached hydrogens (tertiary/aromatic N) is 1. The summed E-state index contributed by atoms with van der Waals surface area (Å²) in [7, 11) is -3.64. The Bertz CT molecular complexity index is 1040. The second kappa shape index (κ2) is 9.23. The first-order valence-electron chi connectivity index (χ1n) is 10.3. The Morgan fingerprint density at radius 2 is 1.74 bits per heavy atom. The van der Waals surface area contributed by atoms with Crippen LogP contribution in [0, 0.1) is 11.7 Å². The highest BCUT2D eigenvalue weighted by Gasteiger charge is 2.32. The van der Waals surface area contributed by atoms with Crippen molar-refractivity contribution in [1.82, 2.24) is 9.62 Å². The Balaban J connectivity index is 1.25. The lowest BCUT2D eigenvalue weighted by molar-refractivity contribution is -0.126. The average molecular weight is 449 g/mol. The molecule has 0 bridgehead atoms. The normalized spacial score (nSPS) is 19.7. The van der Waals surface area contributed by atoms with Crippen LogP contribution in [0.3, 0.4) is 0 Å². The fraction of sp³-hybridized carbons (Fsp3) is 0.409. The van der Waals surface area contributed by atoms with E-state index in [2.05, 4.69) is 5.32 Å². The number of piperidine rings is 1. The van der Waals surface area contributed by atoms with E-state index >= 15 is 0 Å². The topological polar surface area (TPSA) is 84.9 Å². The van der Waals surface area contributed by atoms with Crippen molar-refractivity contribution in [1.29, 1.82) is 0 Å². The number of sulfonamides is 1. The third kappa shape index (κ3) is 5.16. The Morgan fingerprint density at radius 3 is 2.48 bits per heavy atom. The van der Waals surface area contributed by atoms with Crippen molar-refractivity contribution < 1.29 is 27.1 Å². The highest BCUT2D eigenvalue weighted by Crippen LogP contribution is 2.30. The van der Waals surface area contributed by atoms with Crippen molar-refractivity contribution in [2.45, 2.75) is 24.7 Å². The van der Waals surface area contributed by atoms with Gasteiger partial charge in [0.05, 0.1) is 12.3 Å². The monoisotopic (exact) mass is 448 g/mol. The van der Waals surface area contributed by atoms with Crippen LogP contribution in [0.1, 0.15) is 18.4 Å². The molecule has 1 amide bonds. The van der Waals surface area contributed by atoms with Gasteiger partial charge in [-0.3, -0.25) is 4.79 Å². The zero-order chi connectivity index (χ0) is 21.8. The summed E-state index contributed by atoms with van der Waals surface area (Å²) >= 11 is 0. The van der Waals surface area contributed by atoms with E-state index in [4.69, 9.17) is 9.47 Å². The summed E-state index contributed by atoms with van der Waals surface area (Å²) in [5.41, 5.74) is 0.152. The number of para-hydroxylation sites is 2. The molecular formula is C22H25FN2O5S. The van der Waals surface area contributed by atoms with Crippen LogP contribution in [0.4, 0.5) is 4.39 Å². The number of ether oxygens (including phenoxy) is 2. The predicted molar refractivity (Wildman–Crippen MR) is 113 cm³/mol. The predicted octanol–water partition coefficient (Wildman–Crippen LogP) is 2.32. The molecule has 2 aromatic rings. The Morgan fingerprint density at radius 1 is 1.06 bits per heavy atom. The second-order valence-corrected chi connectivity index (χ2v) is 9.73. The van der Waals surface area contributed by atoms with Crippen molar-refractivity contribution in [3.8, 4) is 11.5 Å². The molecule has 4 rings (SSSR count). The van der Waals surface area contributed by atoms with E-state index in [-0.39, 0.29) is 42.3 Å². The quantitative estimate of drug-likeness (QED) is 0.733. The minimum absolute atomic E-state index is 0.117. The lowest BCUT2D eigenvalue weighted by Crippen LogP contribution is -2.46. The van der Waals surface area contributed by atoms with E-state index in [9.17, 15) is 17.6 Å². The van der Waals surface area contributed by atoms with Crippen molar-refractivity contribution in [3.63, 3.8) is 0 Å². The van der Waals surface area contributed by atoms with Gasteiger partial charge in [0.2, 0.25) is 15.9 Å². The van der Waals surface area contributed by atoms with Crippen LogP contribution in [-0.2, 0) is 20.6 Å². The van der Waals surface area contributed by atoms with E-state index in [1.54, 1.807) is 6.07 Å². The Labute approximate surface area is 181 Å². The molecule has 0 spiro atoms. The maximum Gasteiger partial charge on any atom is 0.223 e. The lowest BCUT2D eigenvalue weighted by atomic mass is 9.97. The smallest absolute Gasteiger partial charge is 0.223 e. The highest BCUT2D eigenvalue weighted by molar-refractivity contribution is 7.88. The van der Waals surface area contributed by atoms with Crippen LogP contribution in [0.5, 0.6) is 11.5 Å². The maximum absolute atomic E-state index is 13.8. The summed E-state index contributed by atoms with van der Waals surface area (Å²) < 4.78 is 51.9. The molecule has 2 aromatic carbocycles. The van der Waals surface area contributed by atoms with E-state index in [0.29, 0.717) is 37.5 Å². The third-order valence-corrected chi connectivity index (χ3v) is 7.41. The van der Waals surface area contributed by atoms with Crippen LogP contribution < -0.4 is 14.8 Å². The number of carbonyl (C=O) groups is 1. The Kier molecular flexibility index (Phi) is 6.43. The molecule has 1 atom stereocenters. The van der Waals surface area contributed by atoms with Gasteiger partial charge in [0.15, 0.2) is 11.5 Å². The molecule has 0 radical (unpaired) electrons. The molecule has 2 aliphatic rings. The summed E-state index contributed by atoms with van der Waals surface area (Å²) in [6.07, 6.45) is 0.570. The number of rotatable bonds is 6. The molecule has 1 fully saturated rings. The largest absolute Gasteiger partial charge is 0.486 e. The number of amides is 1. The van der Waals surface area contributed by atoms with Crippen LogP contribution in [0.15, 0.2) is 48.5 Å². The van der Waals surface area contributed by atoms with Crippen molar-refractivity contribution in [3.05, 3.63) is 59.9 Å². The molecule has 1 unspecified atom stereocenters. The molecule has 2 heterocycles. The lowest BCUT2D eigenvalue weighted by Gasteiger charge is -2.31. The first-order chi connectivity index (χ1) is 14.9. The van der Waals surface area contributed by atoms with Crippen LogP contribution in [0.25, 0.3) is 0 Å². The average Bonchev–Trinajstić information content (AvgIpc) is 2.79. The van der Waals surface area contributed by atoms with E-state index in [1.807, 2.05) is 24.3 Å². The van der Waals surface area contributed by atoms with Gasteiger partial charge in [-0.1, -0.05) is 30.3 Å². The zero-order valence-electron chi connectivity index (χ0n) is 17.0. The molecule has 0 saturated carbocycles. The third-order valence-electron chi connectivity index (χ3n) is 5.59. The van der Waals surface area contributed by atoms with Crippen LogP contribution in [-0.4, -0.2) is 51.0 Å². The second-order valence-electron chi connectivity index (χ2n) is 7.76. The number of hydrogen-bond acceptors (Lipinski definition) is 5. The molecule has 31 heavy (non-hydrogen) atoms. The number of nitrogens with one attached hydrogen (secondary N) is 1. The fourth-order valence-electron chi connectivity index (χ4n) is 3.82. The van der Waals surface area contributed by atoms with Gasteiger partial charge in [-0.15, -0.1) is 0 Å². The summed E-state index contributed by atoms with van der Waals surface area (Å²) in [5.74, 6) is 0.0504. The van der Waals surface area contributed by atoms with Gasteiger partial charge in [-0.05, 0) is 31.0 Å². The first kappa shape index (κ1) is 21.6. The molecule has 1 saturated heterocycles. The highest BCUT2D eigenvalue weighted by atomic mass is 32.2. The van der Waals surface area contributed by atoms with Gasteiger partial charge in [-0.25, -0.2) is 17.1 Å². The summed E-state index contributed by atoms with van der Waals surface area (Å²) in [5, 5.41) is 2.89. The van der Waals surface area contributed by atoms with Gasteiger partial charge in [0.1, 0.15) is 18.5 Å². The van der Waals surface area contributed by atoms with Crippen LogP contribution in [0.2, 0.25) is 0 Å². The van der Waals surface area contributed by atoms with Crippen molar-refractivity contribution >= 4 is 15.9 Å². The van der Waals surface area contributed by atoms with E-state index in [1.165, 1.54) is 22.5 Å². The summed E-state index contributed by atoms with van der Waals surface area (Å²) in [4.78, 5) is 12.6. The van der Waals surface area contributed by atoms with Crippen molar-refractivity contribution in [2.75, 3.05) is 26.2 Å². The summed E-state index contributed by atoms with van der Waals surface area (Å²) in [6.45, 7) is 1.15. The maximum atomic E-state index is 13.8. The zero-order valence-corrected chi connectivity index (χ0v) is 17.8. The molecular weight excluding hydrogens is 423 g/mol. The van der Waals surface area contributed by atoms with E-state index < -0.39 is 15.8 Å². The molecule has 0 aromatic heterocycles. The van der Waals surface area contributed by atoms with Gasteiger partial charge in [0.25, 0.3) is 0 Å². The molecule has 166 valence electrons. The van der Waals surface area contributed by atoms with E-state index in [0.717, 1.165) is 0 Å². The standard InChI is InChI=1S/C22H25FN2O5S/c23-19-6-2-1-5-17(19)15-31(27,28)25-11-9-16(10-12-25)22(26)24-13-18-14-29-20-7-3-4-8-21(20)30-18/h1-8,16,18H,9-15H2,(H,24,26). The summed E-state index contributed by atoms with van der Waals surface area (Å²) in [6, 6.07) is 13.2. The Hall–Kier alpha value is -2.65. The molecule has 7 nitrogen and oxygen atoms in total. The molecule has 0 aliphatic carbocycles. The van der Waals surface area contributed by atoms with Crippen molar-refractivity contribution in [2.24, 2.45) is 5.92 Å². The fourth-order valence-corrected chi connectivity index (χ4v) is 5.40. The molecule has 9 heteroatoms. The number of benzene rings is 2. The number of carbonyl (C=O) groups excluding carboxylic acids is 1. The van der Waals surface area contributed by atoms with Gasteiger partial charge in [0, 0.05) is 24.6 Å². The van der Waals surface area contributed by atoms with Gasteiger partial charge < -0.3 is 14.8 Å². The molecule has 1 N–H and O–H groups in total. The minimum Gasteiger partial charge on any atom is -0.486 e.